The number of nitrogens with zero attached hydrogens (tertiary/aromatic N) is 3. The number of methoxy groups -OCH3 is 1. The Hall–Kier alpha value is -1.88. The van der Waals surface area contributed by atoms with E-state index in [4.69, 9.17) is 9.84 Å². The maximum Gasteiger partial charge on any atom is 0.312 e. The fourth-order valence-electron chi connectivity index (χ4n) is 5.58. The Bertz CT molecular complexity index is 769. The minimum absolute atomic E-state index is 0.0620. The molecule has 5 heteroatoms. The Morgan fingerprint density at radius 2 is 1.89 bits per heavy atom. The highest BCUT2D eigenvalue weighted by atomic mass is 16.5. The third-order valence-electron chi connectivity index (χ3n) is 7.64. The maximum absolute atomic E-state index is 12.9. The van der Waals surface area contributed by atoms with Crippen LogP contribution in [0.2, 0.25) is 0 Å². The average Bonchev–Trinajstić information content (AvgIpc) is 2.72. The van der Waals surface area contributed by atoms with Gasteiger partial charge in [-0.05, 0) is 56.6 Å². The number of carbonyl (C=O) groups excluding carboxylic acids is 1. The lowest BCUT2D eigenvalue weighted by Crippen LogP contribution is -2.50. The quantitative estimate of drug-likeness (QED) is 0.735. The van der Waals surface area contributed by atoms with Crippen LogP contribution in [0.25, 0.3) is 0 Å². The van der Waals surface area contributed by atoms with E-state index in [-0.39, 0.29) is 11.9 Å². The molecule has 28 heavy (non-hydrogen) atoms. The lowest BCUT2D eigenvalue weighted by atomic mass is 9.53. The number of likely N-dealkylation sites (N-methyl/N-ethyl adjacent to an activating group) is 1. The highest BCUT2D eigenvalue weighted by Gasteiger charge is 2.54. The molecule has 1 aromatic carbocycles. The van der Waals surface area contributed by atoms with Crippen LogP contribution >= 0.6 is 0 Å². The van der Waals surface area contributed by atoms with Gasteiger partial charge >= 0.3 is 5.97 Å². The normalized spacial score (nSPS) is 34.6. The zero-order valence-corrected chi connectivity index (χ0v) is 17.6. The van der Waals surface area contributed by atoms with Gasteiger partial charge in [-0.3, -0.25) is 9.80 Å². The number of piperazine rings is 1. The summed E-state index contributed by atoms with van der Waals surface area (Å²) in [6.45, 7) is 8.34. The first kappa shape index (κ1) is 19.4. The molecule has 0 N–H and O–H groups in total. The number of benzene rings is 1. The first-order valence-corrected chi connectivity index (χ1v) is 10.6. The van der Waals surface area contributed by atoms with Gasteiger partial charge in [0.2, 0.25) is 0 Å². The van der Waals surface area contributed by atoms with Gasteiger partial charge in [0, 0.05) is 31.7 Å². The Morgan fingerprint density at radius 1 is 1.18 bits per heavy atom. The van der Waals surface area contributed by atoms with Crippen LogP contribution in [-0.2, 0) is 9.53 Å². The molecule has 2 aliphatic carbocycles. The lowest BCUT2D eigenvalue weighted by Gasteiger charge is -2.50. The molecule has 0 radical (unpaired) electrons. The van der Waals surface area contributed by atoms with Crippen LogP contribution in [0.3, 0.4) is 0 Å². The van der Waals surface area contributed by atoms with Crippen LogP contribution in [0.1, 0.15) is 50.2 Å². The standard InChI is InChI=1S/C23H33N3O2/c1-16-9-10-18-17-7-5-6-8-19(17)21(24-26-13-11-25(3)12-14-26)15-20(18)23(16,2)22(27)28-4/h5-8,16,18,20H,9-15H2,1-4H3. The van der Waals surface area contributed by atoms with Gasteiger partial charge in [-0.1, -0.05) is 31.2 Å². The molecule has 2 fully saturated rings. The van der Waals surface area contributed by atoms with Gasteiger partial charge in [0.1, 0.15) is 0 Å². The van der Waals surface area contributed by atoms with E-state index in [9.17, 15) is 4.79 Å². The predicted molar refractivity (Wildman–Crippen MR) is 111 cm³/mol. The van der Waals surface area contributed by atoms with Crippen molar-refractivity contribution in [3.8, 4) is 0 Å². The molecule has 0 bridgehead atoms. The Labute approximate surface area is 168 Å². The van der Waals surface area contributed by atoms with Crippen molar-refractivity contribution in [1.82, 2.24) is 9.91 Å². The van der Waals surface area contributed by atoms with Crippen LogP contribution in [0, 0.1) is 17.3 Å². The zero-order valence-electron chi connectivity index (χ0n) is 17.6. The van der Waals surface area contributed by atoms with E-state index in [1.54, 1.807) is 0 Å². The highest BCUT2D eigenvalue weighted by Crippen LogP contribution is 2.56. The Kier molecular flexibility index (Phi) is 5.21. The molecule has 1 aromatic rings. The molecule has 3 aliphatic rings. The first-order valence-electron chi connectivity index (χ1n) is 10.6. The molecule has 1 heterocycles. The Balaban J connectivity index is 1.74. The molecule has 1 saturated carbocycles. The van der Waals surface area contributed by atoms with Gasteiger partial charge in [0.15, 0.2) is 0 Å². The summed E-state index contributed by atoms with van der Waals surface area (Å²) in [5, 5.41) is 7.33. The van der Waals surface area contributed by atoms with Crippen LogP contribution in [0.5, 0.6) is 0 Å². The summed E-state index contributed by atoms with van der Waals surface area (Å²) in [6.07, 6.45) is 3.05. The van der Waals surface area contributed by atoms with Crippen LogP contribution in [0.4, 0.5) is 0 Å². The smallest absolute Gasteiger partial charge is 0.312 e. The highest BCUT2D eigenvalue weighted by molar-refractivity contribution is 6.03. The van der Waals surface area contributed by atoms with Gasteiger partial charge in [-0.25, -0.2) is 0 Å². The SMILES string of the molecule is COC(=O)C1(C)C(C)CCC2c3ccccc3C(=NN3CCN(C)CC3)CC21. The fourth-order valence-corrected chi connectivity index (χ4v) is 5.58. The van der Waals surface area contributed by atoms with Crippen molar-refractivity contribution in [2.24, 2.45) is 22.4 Å². The monoisotopic (exact) mass is 383 g/mol. The van der Waals surface area contributed by atoms with E-state index in [0.717, 1.165) is 51.2 Å². The van der Waals surface area contributed by atoms with Crippen LogP contribution in [-0.4, -0.2) is 61.9 Å². The number of hydrogen-bond acceptors (Lipinski definition) is 5. The summed E-state index contributed by atoms with van der Waals surface area (Å²) >= 11 is 0. The molecule has 0 aromatic heterocycles. The minimum atomic E-state index is -0.464. The molecule has 1 aliphatic heterocycles. The van der Waals surface area contributed by atoms with Gasteiger partial charge in [-0.2, -0.15) is 5.10 Å². The minimum Gasteiger partial charge on any atom is -0.469 e. The van der Waals surface area contributed by atoms with Crippen molar-refractivity contribution in [2.45, 2.75) is 39.0 Å². The number of esters is 1. The topological polar surface area (TPSA) is 45.1 Å². The molecular formula is C23H33N3O2. The van der Waals surface area contributed by atoms with Crippen molar-refractivity contribution in [3.63, 3.8) is 0 Å². The third kappa shape index (κ3) is 3.14. The molecule has 1 saturated heterocycles. The number of carbonyl (C=O) groups is 1. The number of fused-ring (bicyclic) bond motifs is 3. The van der Waals surface area contributed by atoms with Gasteiger partial charge in [0.05, 0.1) is 18.2 Å². The summed E-state index contributed by atoms with van der Waals surface area (Å²) in [6, 6.07) is 8.71. The fraction of sp³-hybridized carbons (Fsp3) is 0.652. The number of ether oxygens (including phenoxy) is 1. The van der Waals surface area contributed by atoms with Crippen molar-refractivity contribution >= 4 is 11.7 Å². The van der Waals surface area contributed by atoms with Gasteiger partial charge in [0.25, 0.3) is 0 Å². The van der Waals surface area contributed by atoms with Crippen LogP contribution in [0.15, 0.2) is 29.4 Å². The molecule has 152 valence electrons. The molecule has 4 unspecified atom stereocenters. The molecule has 0 amide bonds. The van der Waals surface area contributed by atoms with E-state index in [2.05, 4.69) is 55.1 Å². The second-order valence-electron chi connectivity index (χ2n) is 9.06. The van der Waals surface area contributed by atoms with Gasteiger partial charge in [-0.15, -0.1) is 0 Å². The predicted octanol–water partition coefficient (Wildman–Crippen LogP) is 3.35. The second-order valence-corrected chi connectivity index (χ2v) is 9.06. The molecule has 4 atom stereocenters. The van der Waals surface area contributed by atoms with E-state index in [1.165, 1.54) is 18.2 Å². The molecular weight excluding hydrogens is 350 g/mol. The van der Waals surface area contributed by atoms with E-state index in [1.807, 2.05) is 0 Å². The van der Waals surface area contributed by atoms with Crippen molar-refractivity contribution in [1.29, 1.82) is 0 Å². The van der Waals surface area contributed by atoms with Crippen molar-refractivity contribution in [3.05, 3.63) is 35.4 Å². The molecule has 5 nitrogen and oxygen atoms in total. The summed E-state index contributed by atoms with van der Waals surface area (Å²) in [4.78, 5) is 15.3. The lowest BCUT2D eigenvalue weighted by molar-refractivity contribution is -0.162. The average molecular weight is 384 g/mol. The number of hydrogen-bond donors (Lipinski definition) is 0. The number of rotatable bonds is 2. The second kappa shape index (κ2) is 7.51. The van der Waals surface area contributed by atoms with E-state index in [0.29, 0.717) is 11.8 Å². The largest absolute Gasteiger partial charge is 0.469 e. The summed E-state index contributed by atoms with van der Waals surface area (Å²) in [5.41, 5.74) is 3.33. The van der Waals surface area contributed by atoms with Gasteiger partial charge < -0.3 is 9.64 Å². The van der Waals surface area contributed by atoms with Crippen molar-refractivity contribution < 1.29 is 9.53 Å². The molecule has 4 rings (SSSR count). The summed E-state index contributed by atoms with van der Waals surface area (Å²) in [5.74, 6) is 0.900. The number of hydrazone groups is 1. The third-order valence-corrected chi connectivity index (χ3v) is 7.64. The van der Waals surface area contributed by atoms with E-state index >= 15 is 0 Å². The first-order chi connectivity index (χ1) is 13.4. The van der Waals surface area contributed by atoms with E-state index < -0.39 is 5.41 Å². The van der Waals surface area contributed by atoms with Crippen molar-refractivity contribution in [2.75, 3.05) is 40.3 Å². The Morgan fingerprint density at radius 3 is 2.61 bits per heavy atom. The zero-order chi connectivity index (χ0) is 19.9. The molecule has 0 spiro atoms. The summed E-state index contributed by atoms with van der Waals surface area (Å²) < 4.78 is 5.30. The summed E-state index contributed by atoms with van der Waals surface area (Å²) in [7, 11) is 3.69. The maximum atomic E-state index is 12.9. The van der Waals surface area contributed by atoms with Crippen LogP contribution < -0.4 is 0 Å².